The number of benzene rings is 1. The van der Waals surface area contributed by atoms with Crippen LogP contribution >= 0.6 is 0 Å². The van der Waals surface area contributed by atoms with Crippen molar-refractivity contribution in [2.24, 2.45) is 5.10 Å². The Morgan fingerprint density at radius 1 is 1.32 bits per heavy atom. The molecule has 0 saturated carbocycles. The molecule has 0 radical (unpaired) electrons. The van der Waals surface area contributed by atoms with Gasteiger partial charge in [-0.25, -0.2) is 5.43 Å². The Hall–Kier alpha value is -3.22. The number of hydrogen-bond donors (Lipinski definition) is 1. The predicted octanol–water partition coefficient (Wildman–Crippen LogP) is 3.01. The van der Waals surface area contributed by atoms with Gasteiger partial charge in [0.2, 0.25) is 0 Å². The fraction of sp³-hybridized carbons (Fsp3) is 0.0667. The minimum absolute atomic E-state index is 0.0717. The maximum Gasteiger partial charge on any atom is 0.271 e. The van der Waals surface area contributed by atoms with Crippen LogP contribution in [0.25, 0.3) is 6.08 Å². The van der Waals surface area contributed by atoms with Gasteiger partial charge in [0, 0.05) is 17.7 Å². The summed E-state index contributed by atoms with van der Waals surface area (Å²) in [6.07, 6.45) is 4.97. The van der Waals surface area contributed by atoms with Gasteiger partial charge in [-0.3, -0.25) is 14.9 Å². The number of amides is 1. The van der Waals surface area contributed by atoms with E-state index in [9.17, 15) is 14.9 Å². The lowest BCUT2D eigenvalue weighted by atomic mass is 10.2. The zero-order chi connectivity index (χ0) is 15.9. The van der Waals surface area contributed by atoms with E-state index in [-0.39, 0.29) is 11.3 Å². The first-order chi connectivity index (χ1) is 10.6. The Labute approximate surface area is 126 Å². The second-order valence-electron chi connectivity index (χ2n) is 4.35. The maximum atomic E-state index is 11.8. The fourth-order valence-corrected chi connectivity index (χ4v) is 1.56. The number of carbonyl (C=O) groups is 1. The molecule has 0 aliphatic heterocycles. The van der Waals surface area contributed by atoms with Crippen molar-refractivity contribution in [3.8, 4) is 0 Å². The van der Waals surface area contributed by atoms with Crippen LogP contribution in [0.5, 0.6) is 0 Å². The summed E-state index contributed by atoms with van der Waals surface area (Å²) in [5.74, 6) is 0.233. The predicted molar refractivity (Wildman–Crippen MR) is 81.4 cm³/mol. The van der Waals surface area contributed by atoms with E-state index in [1.807, 2.05) is 0 Å². The first-order valence-corrected chi connectivity index (χ1v) is 6.37. The number of nitrogens with zero attached hydrogens (tertiary/aromatic N) is 2. The van der Waals surface area contributed by atoms with Crippen LogP contribution < -0.4 is 5.43 Å². The molecular formula is C15H13N3O4. The van der Waals surface area contributed by atoms with Crippen LogP contribution in [0.4, 0.5) is 5.69 Å². The third-order valence-corrected chi connectivity index (χ3v) is 2.71. The van der Waals surface area contributed by atoms with Gasteiger partial charge in [-0.05, 0) is 43.3 Å². The van der Waals surface area contributed by atoms with E-state index in [0.717, 1.165) is 0 Å². The van der Waals surface area contributed by atoms with Gasteiger partial charge in [0.05, 0.1) is 16.9 Å². The van der Waals surface area contributed by atoms with E-state index in [1.54, 1.807) is 37.5 Å². The summed E-state index contributed by atoms with van der Waals surface area (Å²) in [5, 5.41) is 14.4. The lowest BCUT2D eigenvalue weighted by Crippen LogP contribution is -2.18. The number of furan rings is 1. The highest BCUT2D eigenvalue weighted by Crippen LogP contribution is 2.11. The first kappa shape index (κ1) is 15.2. The minimum Gasteiger partial charge on any atom is -0.465 e. The van der Waals surface area contributed by atoms with Crippen LogP contribution in [0.3, 0.4) is 0 Å². The van der Waals surface area contributed by atoms with E-state index in [2.05, 4.69) is 10.5 Å². The second-order valence-corrected chi connectivity index (χ2v) is 4.35. The molecule has 2 rings (SSSR count). The van der Waals surface area contributed by atoms with Crippen LogP contribution in [0.2, 0.25) is 0 Å². The summed E-state index contributed by atoms with van der Waals surface area (Å²) < 4.78 is 5.13. The number of nitro benzene ring substituents is 1. The lowest BCUT2D eigenvalue weighted by molar-refractivity contribution is -0.384. The van der Waals surface area contributed by atoms with Gasteiger partial charge in [-0.2, -0.15) is 5.10 Å². The van der Waals surface area contributed by atoms with Crippen molar-refractivity contribution in [1.82, 2.24) is 5.43 Å². The van der Waals surface area contributed by atoms with Crippen LogP contribution in [0.15, 0.2) is 58.3 Å². The molecule has 0 bridgehead atoms. The molecule has 7 nitrogen and oxygen atoms in total. The highest BCUT2D eigenvalue weighted by Gasteiger charge is 2.08. The fourth-order valence-electron chi connectivity index (χ4n) is 1.56. The molecule has 1 N–H and O–H groups in total. The van der Waals surface area contributed by atoms with Crippen molar-refractivity contribution >= 4 is 23.4 Å². The molecule has 0 fully saturated rings. The summed E-state index contributed by atoms with van der Waals surface area (Å²) in [6, 6.07) is 8.83. The van der Waals surface area contributed by atoms with Crippen LogP contribution in [-0.4, -0.2) is 16.5 Å². The number of rotatable bonds is 5. The standard InChI is InChI=1S/C15H13N3O4/c1-11(4-9-14-3-2-10-22-14)16-17-15(19)12-5-7-13(8-6-12)18(20)21/h2-10H,1H3,(H,17,19)/b9-4+,16-11-. The number of hydrazone groups is 1. The maximum absolute atomic E-state index is 11.8. The Morgan fingerprint density at radius 2 is 2.05 bits per heavy atom. The quantitative estimate of drug-likeness (QED) is 0.521. The Bertz CT molecular complexity index is 716. The van der Waals surface area contributed by atoms with Gasteiger partial charge in [0.25, 0.3) is 11.6 Å². The Morgan fingerprint density at radius 3 is 2.64 bits per heavy atom. The van der Waals surface area contributed by atoms with Gasteiger partial charge < -0.3 is 4.42 Å². The highest BCUT2D eigenvalue weighted by molar-refractivity contribution is 5.99. The summed E-state index contributed by atoms with van der Waals surface area (Å²) in [5.41, 5.74) is 3.17. The normalized spacial score (nSPS) is 11.6. The third kappa shape index (κ3) is 4.14. The number of carbonyl (C=O) groups excluding carboxylic acids is 1. The van der Waals surface area contributed by atoms with Gasteiger partial charge in [0.15, 0.2) is 0 Å². The molecule has 112 valence electrons. The molecule has 1 heterocycles. The molecule has 1 aromatic carbocycles. The number of non-ortho nitro benzene ring substituents is 1. The number of hydrogen-bond acceptors (Lipinski definition) is 5. The average molecular weight is 299 g/mol. The molecule has 1 aromatic heterocycles. The number of nitrogens with one attached hydrogen (secondary N) is 1. The monoisotopic (exact) mass is 299 g/mol. The second kappa shape index (κ2) is 6.98. The molecule has 1 amide bonds. The van der Waals surface area contributed by atoms with Crippen LogP contribution in [0.1, 0.15) is 23.0 Å². The SMILES string of the molecule is CC(/C=C/c1ccco1)=N/NC(=O)c1ccc([N+](=O)[O-])cc1. The molecule has 0 aliphatic rings. The van der Waals surface area contributed by atoms with E-state index in [1.165, 1.54) is 24.3 Å². The van der Waals surface area contributed by atoms with Crippen molar-refractivity contribution in [3.05, 3.63) is 70.2 Å². The lowest BCUT2D eigenvalue weighted by Gasteiger charge is -2.00. The molecular weight excluding hydrogens is 286 g/mol. The van der Waals surface area contributed by atoms with Gasteiger partial charge >= 0.3 is 0 Å². The Kier molecular flexibility index (Phi) is 4.81. The van der Waals surface area contributed by atoms with E-state index < -0.39 is 10.8 Å². The number of nitro groups is 1. The topological polar surface area (TPSA) is 97.7 Å². The van der Waals surface area contributed by atoms with E-state index in [4.69, 9.17) is 4.42 Å². The number of allylic oxidation sites excluding steroid dienone is 1. The van der Waals surface area contributed by atoms with E-state index in [0.29, 0.717) is 11.5 Å². The zero-order valence-electron chi connectivity index (χ0n) is 11.7. The van der Waals surface area contributed by atoms with Crippen LogP contribution in [0, 0.1) is 10.1 Å². The van der Waals surface area contributed by atoms with Crippen molar-refractivity contribution in [1.29, 1.82) is 0 Å². The summed E-state index contributed by atoms with van der Waals surface area (Å²) >= 11 is 0. The molecule has 0 saturated heterocycles. The minimum atomic E-state index is -0.524. The van der Waals surface area contributed by atoms with Crippen molar-refractivity contribution in [3.63, 3.8) is 0 Å². The van der Waals surface area contributed by atoms with Crippen molar-refractivity contribution in [2.75, 3.05) is 0 Å². The molecule has 2 aromatic rings. The van der Waals surface area contributed by atoms with Gasteiger partial charge in [0.1, 0.15) is 5.76 Å². The van der Waals surface area contributed by atoms with Gasteiger partial charge in [-0.1, -0.05) is 0 Å². The summed E-state index contributed by atoms with van der Waals surface area (Å²) in [6.45, 7) is 1.72. The molecule has 0 aliphatic carbocycles. The average Bonchev–Trinajstić information content (AvgIpc) is 3.04. The largest absolute Gasteiger partial charge is 0.465 e. The smallest absolute Gasteiger partial charge is 0.271 e. The Balaban J connectivity index is 1.96. The van der Waals surface area contributed by atoms with Crippen molar-refractivity contribution < 1.29 is 14.1 Å². The van der Waals surface area contributed by atoms with Crippen molar-refractivity contribution in [2.45, 2.75) is 6.92 Å². The molecule has 22 heavy (non-hydrogen) atoms. The zero-order valence-corrected chi connectivity index (χ0v) is 11.7. The highest BCUT2D eigenvalue weighted by atomic mass is 16.6. The first-order valence-electron chi connectivity index (χ1n) is 6.37. The molecule has 0 atom stereocenters. The third-order valence-electron chi connectivity index (χ3n) is 2.71. The summed E-state index contributed by atoms with van der Waals surface area (Å²) in [7, 11) is 0. The summed E-state index contributed by atoms with van der Waals surface area (Å²) in [4.78, 5) is 21.8. The molecule has 7 heteroatoms. The van der Waals surface area contributed by atoms with Gasteiger partial charge in [-0.15, -0.1) is 0 Å². The van der Waals surface area contributed by atoms with Crippen LogP contribution in [-0.2, 0) is 0 Å². The molecule has 0 unspecified atom stereocenters. The van der Waals surface area contributed by atoms with E-state index >= 15 is 0 Å². The molecule has 0 spiro atoms.